The molecule has 1 atom stereocenters. The number of rotatable bonds is 8. The van der Waals surface area contributed by atoms with E-state index >= 15 is 0 Å². The van der Waals surface area contributed by atoms with Crippen LogP contribution in [-0.4, -0.2) is 41.3 Å². The third kappa shape index (κ3) is 4.59. The molecule has 6 nitrogen and oxygen atoms in total. The van der Waals surface area contributed by atoms with Crippen LogP contribution in [0.15, 0.2) is 48.5 Å². The molecule has 1 fully saturated rings. The lowest BCUT2D eigenvalue weighted by Crippen LogP contribution is -2.35. The quantitative estimate of drug-likeness (QED) is 0.638. The maximum Gasteiger partial charge on any atom is 0.249 e. The van der Waals surface area contributed by atoms with Crippen LogP contribution in [0.5, 0.6) is 5.75 Å². The smallest absolute Gasteiger partial charge is 0.249 e. The number of carbonyl (C=O) groups excluding carboxylic acids is 1. The van der Waals surface area contributed by atoms with E-state index in [-0.39, 0.29) is 12.0 Å². The first-order chi connectivity index (χ1) is 14.2. The lowest BCUT2D eigenvalue weighted by Gasteiger charge is -2.13. The molecule has 1 saturated heterocycles. The first-order valence-electron chi connectivity index (χ1n) is 10.2. The molecule has 1 aromatic heterocycles. The highest BCUT2D eigenvalue weighted by Gasteiger charge is 2.23. The summed E-state index contributed by atoms with van der Waals surface area (Å²) in [6.45, 7) is 4.52. The highest BCUT2D eigenvalue weighted by molar-refractivity contribution is 5.81. The second kappa shape index (κ2) is 9.09. The van der Waals surface area contributed by atoms with Crippen LogP contribution in [-0.2, 0) is 22.5 Å². The second-order valence-corrected chi connectivity index (χ2v) is 7.33. The Hall–Kier alpha value is -2.86. The van der Waals surface area contributed by atoms with Gasteiger partial charge in [0.2, 0.25) is 5.91 Å². The molecule has 3 aromatic rings. The number of nitrogens with one attached hydrogen (secondary N) is 1. The summed E-state index contributed by atoms with van der Waals surface area (Å²) in [4.78, 5) is 16.9. The number of benzene rings is 2. The van der Waals surface area contributed by atoms with Gasteiger partial charge in [0.1, 0.15) is 24.3 Å². The maximum absolute atomic E-state index is 12.2. The molecule has 1 unspecified atom stereocenters. The SMILES string of the molecule is Cc1ccccc1OCCn1c(CCNC(=O)C2CCCO2)nc2ccccc21. The van der Waals surface area contributed by atoms with Gasteiger partial charge in [-0.3, -0.25) is 4.79 Å². The number of fused-ring (bicyclic) bond motifs is 1. The summed E-state index contributed by atoms with van der Waals surface area (Å²) in [6, 6.07) is 16.1. The fourth-order valence-electron chi connectivity index (χ4n) is 3.73. The van der Waals surface area contributed by atoms with E-state index < -0.39 is 0 Å². The molecule has 1 N–H and O–H groups in total. The number of ether oxygens (including phenoxy) is 2. The molecule has 0 bridgehead atoms. The van der Waals surface area contributed by atoms with Crippen LogP contribution < -0.4 is 10.1 Å². The number of para-hydroxylation sites is 3. The number of hydrogen-bond donors (Lipinski definition) is 1. The van der Waals surface area contributed by atoms with E-state index in [2.05, 4.69) is 16.0 Å². The van der Waals surface area contributed by atoms with Gasteiger partial charge in [0.15, 0.2) is 0 Å². The average molecular weight is 393 g/mol. The van der Waals surface area contributed by atoms with Gasteiger partial charge in [0, 0.05) is 19.6 Å². The molecule has 152 valence electrons. The molecular formula is C23H27N3O3. The predicted octanol–water partition coefficient (Wildman–Crippen LogP) is 3.26. The standard InChI is InChI=1S/C23H27N3O3/c1-17-7-2-5-10-20(17)29-16-14-26-19-9-4-3-8-18(19)25-22(26)12-13-24-23(27)21-11-6-15-28-21/h2-5,7-10,21H,6,11-16H2,1H3,(H,24,27). The summed E-state index contributed by atoms with van der Waals surface area (Å²) in [5.41, 5.74) is 3.17. The third-order valence-electron chi connectivity index (χ3n) is 5.27. The van der Waals surface area contributed by atoms with Crippen molar-refractivity contribution in [2.75, 3.05) is 19.8 Å². The van der Waals surface area contributed by atoms with E-state index in [1.807, 2.05) is 49.4 Å². The lowest BCUT2D eigenvalue weighted by molar-refractivity contribution is -0.130. The van der Waals surface area contributed by atoms with Crippen molar-refractivity contribution < 1.29 is 14.3 Å². The number of amides is 1. The zero-order chi connectivity index (χ0) is 20.1. The molecule has 6 heteroatoms. The number of hydrogen-bond acceptors (Lipinski definition) is 4. The predicted molar refractivity (Wildman–Crippen MR) is 112 cm³/mol. The lowest BCUT2D eigenvalue weighted by atomic mass is 10.2. The van der Waals surface area contributed by atoms with Crippen LogP contribution in [0.2, 0.25) is 0 Å². The Morgan fingerprint density at radius 1 is 1.24 bits per heavy atom. The summed E-state index contributed by atoms with van der Waals surface area (Å²) in [5, 5.41) is 2.99. The number of carbonyl (C=O) groups is 1. The second-order valence-electron chi connectivity index (χ2n) is 7.33. The summed E-state index contributed by atoms with van der Waals surface area (Å²) in [6.07, 6.45) is 2.13. The van der Waals surface area contributed by atoms with Gasteiger partial charge in [-0.2, -0.15) is 0 Å². The topological polar surface area (TPSA) is 65.4 Å². The van der Waals surface area contributed by atoms with Crippen molar-refractivity contribution in [3.63, 3.8) is 0 Å². The van der Waals surface area contributed by atoms with Crippen molar-refractivity contribution in [3.05, 3.63) is 59.9 Å². The highest BCUT2D eigenvalue weighted by Crippen LogP contribution is 2.19. The number of aromatic nitrogens is 2. The van der Waals surface area contributed by atoms with Crippen molar-refractivity contribution >= 4 is 16.9 Å². The number of nitrogens with zero attached hydrogens (tertiary/aromatic N) is 2. The van der Waals surface area contributed by atoms with E-state index in [9.17, 15) is 4.79 Å². The largest absolute Gasteiger partial charge is 0.491 e. The summed E-state index contributed by atoms with van der Waals surface area (Å²) >= 11 is 0. The minimum atomic E-state index is -0.295. The zero-order valence-corrected chi connectivity index (χ0v) is 16.8. The van der Waals surface area contributed by atoms with Crippen LogP contribution in [0.3, 0.4) is 0 Å². The van der Waals surface area contributed by atoms with Crippen LogP contribution >= 0.6 is 0 Å². The van der Waals surface area contributed by atoms with Crippen molar-refractivity contribution in [3.8, 4) is 5.75 Å². The van der Waals surface area contributed by atoms with Gasteiger partial charge in [0.25, 0.3) is 0 Å². The summed E-state index contributed by atoms with van der Waals surface area (Å²) in [5.74, 6) is 1.84. The van der Waals surface area contributed by atoms with Crippen LogP contribution in [0, 0.1) is 6.92 Å². The molecule has 0 radical (unpaired) electrons. The zero-order valence-electron chi connectivity index (χ0n) is 16.8. The van der Waals surface area contributed by atoms with Crippen molar-refractivity contribution in [2.45, 2.75) is 38.8 Å². The van der Waals surface area contributed by atoms with Gasteiger partial charge >= 0.3 is 0 Å². The van der Waals surface area contributed by atoms with E-state index in [1.54, 1.807) is 0 Å². The fourth-order valence-corrected chi connectivity index (χ4v) is 3.73. The molecule has 1 aliphatic rings. The van der Waals surface area contributed by atoms with Crippen molar-refractivity contribution in [1.82, 2.24) is 14.9 Å². The summed E-state index contributed by atoms with van der Waals surface area (Å²) in [7, 11) is 0. The fraction of sp³-hybridized carbons (Fsp3) is 0.391. The monoisotopic (exact) mass is 393 g/mol. The normalized spacial score (nSPS) is 16.2. The molecule has 1 amide bonds. The van der Waals surface area contributed by atoms with Gasteiger partial charge in [-0.1, -0.05) is 30.3 Å². The Labute approximate surface area is 170 Å². The Bertz CT molecular complexity index is 976. The Balaban J connectivity index is 1.41. The van der Waals surface area contributed by atoms with Gasteiger partial charge < -0.3 is 19.4 Å². The maximum atomic E-state index is 12.2. The molecule has 0 saturated carbocycles. The van der Waals surface area contributed by atoms with Crippen molar-refractivity contribution in [1.29, 1.82) is 0 Å². The molecule has 1 aliphatic heterocycles. The first-order valence-corrected chi connectivity index (χ1v) is 10.2. The van der Waals surface area contributed by atoms with E-state index in [0.717, 1.165) is 41.0 Å². The van der Waals surface area contributed by atoms with Gasteiger partial charge in [-0.15, -0.1) is 0 Å². The highest BCUT2D eigenvalue weighted by atomic mass is 16.5. The average Bonchev–Trinajstić information content (AvgIpc) is 3.38. The van der Waals surface area contributed by atoms with E-state index in [4.69, 9.17) is 14.5 Å². The van der Waals surface area contributed by atoms with Crippen LogP contribution in [0.25, 0.3) is 11.0 Å². The molecular weight excluding hydrogens is 366 g/mol. The van der Waals surface area contributed by atoms with Crippen LogP contribution in [0.4, 0.5) is 0 Å². The van der Waals surface area contributed by atoms with E-state index in [1.165, 1.54) is 0 Å². The molecule has 0 spiro atoms. The Kier molecular flexibility index (Phi) is 6.10. The van der Waals surface area contributed by atoms with Crippen LogP contribution in [0.1, 0.15) is 24.2 Å². The molecule has 29 heavy (non-hydrogen) atoms. The molecule has 2 heterocycles. The van der Waals surface area contributed by atoms with E-state index in [0.29, 0.717) is 32.7 Å². The number of imidazole rings is 1. The molecule has 4 rings (SSSR count). The Morgan fingerprint density at radius 2 is 2.07 bits per heavy atom. The first kappa shape index (κ1) is 19.5. The van der Waals surface area contributed by atoms with Gasteiger partial charge in [0.05, 0.1) is 17.6 Å². The van der Waals surface area contributed by atoms with Gasteiger partial charge in [-0.05, 0) is 43.5 Å². The minimum Gasteiger partial charge on any atom is -0.491 e. The third-order valence-corrected chi connectivity index (χ3v) is 5.27. The summed E-state index contributed by atoms with van der Waals surface area (Å²) < 4.78 is 13.6. The number of aryl methyl sites for hydroxylation is 1. The Morgan fingerprint density at radius 3 is 2.90 bits per heavy atom. The van der Waals surface area contributed by atoms with Crippen molar-refractivity contribution in [2.24, 2.45) is 0 Å². The minimum absolute atomic E-state index is 0.0203. The molecule has 0 aliphatic carbocycles. The van der Waals surface area contributed by atoms with Gasteiger partial charge in [-0.25, -0.2) is 4.98 Å². The molecule has 2 aromatic carbocycles.